The quantitative estimate of drug-likeness (QED) is 0.770. The summed E-state index contributed by atoms with van der Waals surface area (Å²) in [5, 5.41) is 8.03. The van der Waals surface area contributed by atoms with Crippen molar-refractivity contribution in [2.24, 2.45) is 0 Å². The van der Waals surface area contributed by atoms with Crippen LogP contribution in [0.3, 0.4) is 0 Å². The molecule has 1 aromatic carbocycles. The summed E-state index contributed by atoms with van der Waals surface area (Å²) in [7, 11) is 0. The van der Waals surface area contributed by atoms with Gasteiger partial charge < -0.3 is 10.2 Å². The Labute approximate surface area is 157 Å². The number of rotatable bonds is 4. The summed E-state index contributed by atoms with van der Waals surface area (Å²) in [4.78, 5) is 30.5. The van der Waals surface area contributed by atoms with Crippen molar-refractivity contribution in [2.75, 3.05) is 16.8 Å². The molecule has 1 saturated heterocycles. The summed E-state index contributed by atoms with van der Waals surface area (Å²) in [5.74, 6) is -0.0835. The van der Waals surface area contributed by atoms with E-state index in [4.69, 9.17) is 0 Å². The maximum absolute atomic E-state index is 12.5. The largest absolute Gasteiger partial charge is 0.322 e. The van der Waals surface area contributed by atoms with E-state index >= 15 is 0 Å². The number of aromatic nitrogens is 3. The van der Waals surface area contributed by atoms with Crippen LogP contribution in [-0.4, -0.2) is 33.1 Å². The standard InChI is InChI=1S/C20H21N5O2/c1-13(2)25-19-14(12-22-25)10-15(11-21-19)20(27)23-16-5-7-17(8-6-16)24-9-3-4-18(24)26/h5-8,10-13H,3-4,9H2,1-2H3,(H,23,27). The van der Waals surface area contributed by atoms with Crippen molar-refractivity contribution in [2.45, 2.75) is 32.7 Å². The maximum Gasteiger partial charge on any atom is 0.257 e. The fraction of sp³-hybridized carbons (Fsp3) is 0.300. The lowest BCUT2D eigenvalue weighted by atomic mass is 10.2. The Bertz CT molecular complexity index is 1010. The Morgan fingerprint density at radius 2 is 1.96 bits per heavy atom. The first-order valence-electron chi connectivity index (χ1n) is 9.08. The molecule has 0 spiro atoms. The molecule has 0 atom stereocenters. The van der Waals surface area contributed by atoms with Gasteiger partial charge in [0.15, 0.2) is 5.65 Å². The number of hydrogen-bond donors (Lipinski definition) is 1. The Hall–Kier alpha value is -3.22. The van der Waals surface area contributed by atoms with Crippen LogP contribution in [0.5, 0.6) is 0 Å². The van der Waals surface area contributed by atoms with Crippen LogP contribution >= 0.6 is 0 Å². The first-order chi connectivity index (χ1) is 13.0. The number of pyridine rings is 1. The molecule has 7 heteroatoms. The molecule has 7 nitrogen and oxygen atoms in total. The molecule has 0 saturated carbocycles. The van der Waals surface area contributed by atoms with Crippen molar-refractivity contribution in [3.8, 4) is 0 Å². The highest BCUT2D eigenvalue weighted by atomic mass is 16.2. The summed E-state index contributed by atoms with van der Waals surface area (Å²) in [6.07, 6.45) is 4.78. The van der Waals surface area contributed by atoms with Crippen LogP contribution in [0.4, 0.5) is 11.4 Å². The molecule has 0 bridgehead atoms. The molecule has 2 aromatic heterocycles. The maximum atomic E-state index is 12.5. The number of carbonyl (C=O) groups excluding carboxylic acids is 2. The summed E-state index contributed by atoms with van der Waals surface area (Å²) in [5.41, 5.74) is 2.78. The molecular weight excluding hydrogens is 342 g/mol. The Balaban J connectivity index is 1.50. The molecule has 3 heterocycles. The molecule has 2 amide bonds. The fourth-order valence-electron chi connectivity index (χ4n) is 3.29. The zero-order valence-corrected chi connectivity index (χ0v) is 15.3. The second kappa shape index (κ2) is 6.83. The molecule has 138 valence electrons. The van der Waals surface area contributed by atoms with E-state index in [1.807, 2.05) is 42.8 Å². The molecular formula is C20H21N5O2. The van der Waals surface area contributed by atoms with Crippen LogP contribution in [0, 0.1) is 0 Å². The van der Waals surface area contributed by atoms with Gasteiger partial charge in [0, 0.05) is 42.0 Å². The Kier molecular flexibility index (Phi) is 4.35. The van der Waals surface area contributed by atoms with Crippen molar-refractivity contribution in [3.05, 3.63) is 48.3 Å². The third kappa shape index (κ3) is 3.28. The van der Waals surface area contributed by atoms with Crippen molar-refractivity contribution < 1.29 is 9.59 Å². The van der Waals surface area contributed by atoms with Crippen molar-refractivity contribution in [1.82, 2.24) is 14.8 Å². The number of nitrogens with one attached hydrogen (secondary N) is 1. The topological polar surface area (TPSA) is 80.1 Å². The van der Waals surface area contributed by atoms with Crippen LogP contribution < -0.4 is 10.2 Å². The van der Waals surface area contributed by atoms with Crippen molar-refractivity contribution >= 4 is 34.2 Å². The van der Waals surface area contributed by atoms with Gasteiger partial charge in [0.25, 0.3) is 5.91 Å². The number of amides is 2. The predicted octanol–water partition coefficient (Wildman–Crippen LogP) is 3.39. The zero-order valence-electron chi connectivity index (χ0n) is 15.3. The molecule has 1 N–H and O–H groups in total. The highest BCUT2D eigenvalue weighted by molar-refractivity contribution is 6.05. The number of anilines is 2. The number of fused-ring (bicyclic) bond motifs is 1. The van der Waals surface area contributed by atoms with Gasteiger partial charge in [-0.15, -0.1) is 0 Å². The first kappa shape index (κ1) is 17.2. The minimum absolute atomic E-state index is 0.146. The fourth-order valence-corrected chi connectivity index (χ4v) is 3.29. The highest BCUT2D eigenvalue weighted by Gasteiger charge is 2.21. The van der Waals surface area contributed by atoms with Gasteiger partial charge >= 0.3 is 0 Å². The molecule has 1 aliphatic rings. The van der Waals surface area contributed by atoms with E-state index in [1.54, 1.807) is 23.4 Å². The van der Waals surface area contributed by atoms with Gasteiger partial charge in [0.2, 0.25) is 5.91 Å². The summed E-state index contributed by atoms with van der Waals surface area (Å²) in [6.45, 7) is 4.82. The lowest BCUT2D eigenvalue weighted by molar-refractivity contribution is -0.117. The highest BCUT2D eigenvalue weighted by Crippen LogP contribution is 2.23. The molecule has 4 rings (SSSR count). The van der Waals surface area contributed by atoms with E-state index < -0.39 is 0 Å². The van der Waals surface area contributed by atoms with Gasteiger partial charge in [-0.05, 0) is 50.6 Å². The predicted molar refractivity (Wildman–Crippen MR) is 104 cm³/mol. The van der Waals surface area contributed by atoms with E-state index in [1.165, 1.54) is 0 Å². The van der Waals surface area contributed by atoms with Gasteiger partial charge in [-0.2, -0.15) is 5.10 Å². The molecule has 3 aromatic rings. The van der Waals surface area contributed by atoms with Crippen LogP contribution in [0.15, 0.2) is 42.7 Å². The van der Waals surface area contributed by atoms with Crippen LogP contribution in [0.25, 0.3) is 11.0 Å². The minimum Gasteiger partial charge on any atom is -0.322 e. The molecule has 0 aliphatic carbocycles. The van der Waals surface area contributed by atoms with Crippen LogP contribution in [0.1, 0.15) is 43.1 Å². The van der Waals surface area contributed by atoms with Gasteiger partial charge in [0.1, 0.15) is 0 Å². The van der Waals surface area contributed by atoms with Gasteiger partial charge in [0.05, 0.1) is 11.8 Å². The van der Waals surface area contributed by atoms with Crippen LogP contribution in [0.2, 0.25) is 0 Å². The van der Waals surface area contributed by atoms with Gasteiger partial charge in [-0.25, -0.2) is 9.67 Å². The summed E-state index contributed by atoms with van der Waals surface area (Å²) >= 11 is 0. The lowest BCUT2D eigenvalue weighted by Gasteiger charge is -2.16. The van der Waals surface area contributed by atoms with E-state index in [-0.39, 0.29) is 17.9 Å². The molecule has 1 fully saturated rings. The monoisotopic (exact) mass is 363 g/mol. The van der Waals surface area contributed by atoms with Crippen molar-refractivity contribution in [3.63, 3.8) is 0 Å². The third-order valence-corrected chi connectivity index (χ3v) is 4.69. The van der Waals surface area contributed by atoms with E-state index in [0.29, 0.717) is 17.7 Å². The SMILES string of the molecule is CC(C)n1ncc2cc(C(=O)Nc3ccc(N4CCCC4=O)cc3)cnc21. The zero-order chi connectivity index (χ0) is 19.0. The average molecular weight is 363 g/mol. The second-order valence-corrected chi connectivity index (χ2v) is 6.97. The normalized spacial score (nSPS) is 14.3. The number of nitrogens with zero attached hydrogens (tertiary/aromatic N) is 4. The van der Waals surface area contributed by atoms with E-state index in [9.17, 15) is 9.59 Å². The molecule has 0 unspecified atom stereocenters. The Morgan fingerprint density at radius 3 is 2.63 bits per heavy atom. The van der Waals surface area contributed by atoms with Crippen molar-refractivity contribution in [1.29, 1.82) is 0 Å². The smallest absolute Gasteiger partial charge is 0.257 e. The van der Waals surface area contributed by atoms with Gasteiger partial charge in [-0.3, -0.25) is 9.59 Å². The average Bonchev–Trinajstić information content (AvgIpc) is 3.28. The number of benzene rings is 1. The van der Waals surface area contributed by atoms with Gasteiger partial charge in [-0.1, -0.05) is 0 Å². The molecule has 1 aliphatic heterocycles. The number of hydrogen-bond acceptors (Lipinski definition) is 4. The lowest BCUT2D eigenvalue weighted by Crippen LogP contribution is -2.23. The molecule has 27 heavy (non-hydrogen) atoms. The van der Waals surface area contributed by atoms with Crippen LogP contribution in [-0.2, 0) is 4.79 Å². The Morgan fingerprint density at radius 1 is 1.19 bits per heavy atom. The van der Waals surface area contributed by atoms with E-state index in [2.05, 4.69) is 15.4 Å². The minimum atomic E-state index is -0.230. The summed E-state index contributed by atoms with van der Waals surface area (Å²) < 4.78 is 1.83. The second-order valence-electron chi connectivity index (χ2n) is 6.97. The first-order valence-corrected chi connectivity index (χ1v) is 9.08. The molecule has 0 radical (unpaired) electrons. The number of carbonyl (C=O) groups is 2. The summed E-state index contributed by atoms with van der Waals surface area (Å²) in [6, 6.07) is 9.32. The van der Waals surface area contributed by atoms with E-state index in [0.717, 1.165) is 29.7 Å². The third-order valence-electron chi connectivity index (χ3n) is 4.69.